The molecule has 4 rings (SSSR count). The molecule has 1 nitrogen and oxygen atoms in total. The van der Waals surface area contributed by atoms with Crippen molar-refractivity contribution in [2.45, 2.75) is 57.0 Å². The Kier molecular flexibility index (Phi) is 3.09. The van der Waals surface area contributed by atoms with E-state index in [2.05, 4.69) is 18.6 Å². The molecule has 1 N–H and O–H groups in total. The third kappa shape index (κ3) is 1.88. The summed E-state index contributed by atoms with van der Waals surface area (Å²) in [5.74, 6) is 5.93. The smallest absolute Gasteiger partial charge is 0.128 e. The third-order valence-corrected chi connectivity index (χ3v) is 7.06. The van der Waals surface area contributed by atoms with Crippen LogP contribution in [0.2, 0.25) is 0 Å². The van der Waals surface area contributed by atoms with Crippen LogP contribution in [0.25, 0.3) is 0 Å². The van der Waals surface area contributed by atoms with E-state index in [-0.39, 0.29) is 0 Å². The summed E-state index contributed by atoms with van der Waals surface area (Å²) in [7, 11) is 0. The number of fused-ring (bicyclic) bond motifs is 5. The van der Waals surface area contributed by atoms with Crippen molar-refractivity contribution in [2.24, 2.45) is 29.6 Å². The summed E-state index contributed by atoms with van der Waals surface area (Å²) in [5, 5.41) is 10.7. The molecule has 0 spiro atoms. The molecular weight excluding hydrogens is 256 g/mol. The van der Waals surface area contributed by atoms with Gasteiger partial charge in [0.2, 0.25) is 0 Å². The first-order valence-corrected chi connectivity index (χ1v) is 8.71. The minimum atomic E-state index is -0.810. The molecule has 0 amide bonds. The van der Waals surface area contributed by atoms with Gasteiger partial charge in [-0.15, -0.1) is 6.42 Å². The first-order chi connectivity index (χ1) is 10.1. The first-order valence-electron chi connectivity index (χ1n) is 8.71. The normalized spacial score (nSPS) is 48.7. The molecule has 0 aromatic carbocycles. The van der Waals surface area contributed by atoms with Gasteiger partial charge in [-0.1, -0.05) is 29.7 Å². The molecule has 0 radical (unpaired) electrons. The summed E-state index contributed by atoms with van der Waals surface area (Å²) >= 11 is 0. The maximum Gasteiger partial charge on any atom is 0.128 e. The highest BCUT2D eigenvalue weighted by atomic mass is 16.3. The van der Waals surface area contributed by atoms with Crippen LogP contribution in [0.15, 0.2) is 23.8 Å². The Labute approximate surface area is 128 Å². The van der Waals surface area contributed by atoms with Gasteiger partial charge >= 0.3 is 0 Å². The van der Waals surface area contributed by atoms with Crippen LogP contribution >= 0.6 is 0 Å². The highest BCUT2D eigenvalue weighted by Gasteiger charge is 2.55. The number of hydrogen-bond donors (Lipinski definition) is 1. The molecule has 0 unspecified atom stereocenters. The lowest BCUT2D eigenvalue weighted by molar-refractivity contribution is -0.0138. The van der Waals surface area contributed by atoms with Gasteiger partial charge in [0.15, 0.2) is 0 Å². The predicted octanol–water partition coefficient (Wildman–Crippen LogP) is 4.09. The molecule has 0 aromatic rings. The van der Waals surface area contributed by atoms with Crippen molar-refractivity contribution >= 4 is 0 Å². The number of allylic oxidation sites excluding steroid dienone is 3. The Balaban J connectivity index is 1.64. The highest BCUT2D eigenvalue weighted by Crippen LogP contribution is 2.59. The maximum atomic E-state index is 10.7. The average molecular weight is 282 g/mol. The van der Waals surface area contributed by atoms with Gasteiger partial charge < -0.3 is 5.11 Å². The standard InChI is InChI=1S/C20H26O/c1-3-20(21)12-11-16-15-8-7-14-6-4-5-13(2)19(14)17(15)9-10-18(16)20/h1,6,15-19,21H,2,4-5,7-12H2/t15-,16-,17-,18-,19-,20-/m0/s1. The average Bonchev–Trinajstić information content (AvgIpc) is 2.85. The van der Waals surface area contributed by atoms with E-state index in [1.165, 1.54) is 37.7 Å². The monoisotopic (exact) mass is 282 g/mol. The summed E-state index contributed by atoms with van der Waals surface area (Å²) in [6.07, 6.45) is 17.4. The van der Waals surface area contributed by atoms with Crippen molar-refractivity contribution in [3.8, 4) is 12.3 Å². The second-order valence-corrected chi connectivity index (χ2v) is 7.77. The van der Waals surface area contributed by atoms with Gasteiger partial charge in [-0.25, -0.2) is 0 Å². The Morgan fingerprint density at radius 2 is 2.00 bits per heavy atom. The second kappa shape index (κ2) is 4.75. The fourth-order valence-electron chi connectivity index (χ4n) is 6.17. The molecule has 112 valence electrons. The number of aliphatic hydroxyl groups is 1. The van der Waals surface area contributed by atoms with E-state index in [0.717, 1.165) is 31.1 Å². The van der Waals surface area contributed by atoms with Crippen LogP contribution < -0.4 is 0 Å². The van der Waals surface area contributed by atoms with Gasteiger partial charge in [0.25, 0.3) is 0 Å². The van der Waals surface area contributed by atoms with Gasteiger partial charge in [0.1, 0.15) is 5.60 Å². The lowest BCUT2D eigenvalue weighted by Crippen LogP contribution is -2.45. The highest BCUT2D eigenvalue weighted by molar-refractivity contribution is 5.29. The molecular formula is C20H26O. The van der Waals surface area contributed by atoms with E-state index >= 15 is 0 Å². The van der Waals surface area contributed by atoms with Gasteiger partial charge in [-0.2, -0.15) is 0 Å². The molecule has 6 atom stereocenters. The molecule has 4 aliphatic carbocycles. The number of rotatable bonds is 0. The summed E-state index contributed by atoms with van der Waals surface area (Å²) < 4.78 is 0. The molecule has 0 heterocycles. The van der Waals surface area contributed by atoms with Crippen LogP contribution in [0.4, 0.5) is 0 Å². The van der Waals surface area contributed by atoms with Crippen LogP contribution in [-0.2, 0) is 0 Å². The third-order valence-electron chi connectivity index (χ3n) is 7.06. The molecule has 0 bridgehead atoms. The maximum absolute atomic E-state index is 10.7. The molecule has 21 heavy (non-hydrogen) atoms. The summed E-state index contributed by atoms with van der Waals surface area (Å²) in [6.45, 7) is 4.40. The zero-order chi connectivity index (χ0) is 14.6. The van der Waals surface area contributed by atoms with E-state index < -0.39 is 5.60 Å². The summed E-state index contributed by atoms with van der Waals surface area (Å²) in [4.78, 5) is 0. The van der Waals surface area contributed by atoms with E-state index in [4.69, 9.17) is 6.42 Å². The van der Waals surface area contributed by atoms with Crippen molar-refractivity contribution in [2.75, 3.05) is 0 Å². The van der Waals surface area contributed by atoms with Crippen molar-refractivity contribution in [1.82, 2.24) is 0 Å². The molecule has 0 saturated heterocycles. The molecule has 3 saturated carbocycles. The Hall–Kier alpha value is -1.00. The Morgan fingerprint density at radius 1 is 1.14 bits per heavy atom. The van der Waals surface area contributed by atoms with Crippen molar-refractivity contribution in [3.63, 3.8) is 0 Å². The predicted molar refractivity (Wildman–Crippen MR) is 85.4 cm³/mol. The zero-order valence-corrected chi connectivity index (χ0v) is 12.9. The molecule has 0 aromatic heterocycles. The van der Waals surface area contributed by atoms with Gasteiger partial charge in [0.05, 0.1) is 0 Å². The van der Waals surface area contributed by atoms with E-state index in [0.29, 0.717) is 17.8 Å². The SMILES string of the molecule is C#C[C@]1(O)CC[C@H]2[C@@H]3CCC4=CCCC(=C)[C@@H]4[C@H]3CC[C@@H]21. The lowest BCUT2D eigenvalue weighted by atomic mass is 9.54. The van der Waals surface area contributed by atoms with E-state index in [1.54, 1.807) is 5.57 Å². The minimum absolute atomic E-state index is 0.353. The molecule has 0 aliphatic heterocycles. The van der Waals surface area contributed by atoms with Crippen LogP contribution in [0, 0.1) is 41.9 Å². The first kappa shape index (κ1) is 13.6. The number of terminal acetylenes is 1. The van der Waals surface area contributed by atoms with Gasteiger partial charge in [-0.3, -0.25) is 0 Å². The Bertz CT molecular complexity index is 537. The second-order valence-electron chi connectivity index (χ2n) is 7.77. The van der Waals surface area contributed by atoms with Crippen molar-refractivity contribution in [1.29, 1.82) is 0 Å². The van der Waals surface area contributed by atoms with Gasteiger partial charge in [0, 0.05) is 11.8 Å². The van der Waals surface area contributed by atoms with Crippen LogP contribution in [-0.4, -0.2) is 10.7 Å². The van der Waals surface area contributed by atoms with E-state index in [9.17, 15) is 5.11 Å². The Morgan fingerprint density at radius 3 is 2.81 bits per heavy atom. The van der Waals surface area contributed by atoms with Crippen LogP contribution in [0.5, 0.6) is 0 Å². The van der Waals surface area contributed by atoms with Crippen LogP contribution in [0.3, 0.4) is 0 Å². The van der Waals surface area contributed by atoms with Gasteiger partial charge in [-0.05, 0) is 69.1 Å². The largest absolute Gasteiger partial charge is 0.377 e. The molecule has 1 heteroatoms. The fraction of sp³-hybridized carbons (Fsp3) is 0.700. The molecule has 4 aliphatic rings. The number of hydrogen-bond acceptors (Lipinski definition) is 1. The van der Waals surface area contributed by atoms with E-state index in [1.807, 2.05) is 0 Å². The minimum Gasteiger partial charge on any atom is -0.377 e. The topological polar surface area (TPSA) is 20.2 Å². The van der Waals surface area contributed by atoms with Crippen molar-refractivity contribution < 1.29 is 5.11 Å². The summed E-state index contributed by atoms with van der Waals surface area (Å²) in [5.41, 5.74) is 2.34. The van der Waals surface area contributed by atoms with Crippen molar-refractivity contribution in [3.05, 3.63) is 23.8 Å². The fourth-order valence-corrected chi connectivity index (χ4v) is 6.17. The van der Waals surface area contributed by atoms with Crippen LogP contribution in [0.1, 0.15) is 51.4 Å². The summed E-state index contributed by atoms with van der Waals surface area (Å²) in [6, 6.07) is 0. The molecule has 3 fully saturated rings. The lowest BCUT2D eigenvalue weighted by Gasteiger charge is -2.50. The quantitative estimate of drug-likeness (QED) is 0.524. The zero-order valence-electron chi connectivity index (χ0n) is 12.9.